The zero-order chi connectivity index (χ0) is 15.7. The van der Waals surface area contributed by atoms with Gasteiger partial charge < -0.3 is 25.2 Å². The van der Waals surface area contributed by atoms with Crippen LogP contribution < -0.4 is 10.6 Å². The first-order valence-electron chi connectivity index (χ1n) is 6.98. The summed E-state index contributed by atoms with van der Waals surface area (Å²) in [7, 11) is 1.23. The van der Waals surface area contributed by atoms with Crippen LogP contribution in [-0.2, 0) is 19.1 Å². The topological polar surface area (TPSA) is 114 Å². The van der Waals surface area contributed by atoms with E-state index in [0.717, 1.165) is 19.4 Å². The molecule has 0 saturated carbocycles. The van der Waals surface area contributed by atoms with Crippen molar-refractivity contribution in [1.82, 2.24) is 10.6 Å². The maximum absolute atomic E-state index is 11.6. The first-order valence-corrected chi connectivity index (χ1v) is 6.98. The van der Waals surface area contributed by atoms with E-state index in [1.54, 1.807) is 0 Å². The highest BCUT2D eigenvalue weighted by atomic mass is 16.5. The maximum atomic E-state index is 11.6. The predicted molar refractivity (Wildman–Crippen MR) is 72.8 cm³/mol. The first-order chi connectivity index (χ1) is 10.0. The van der Waals surface area contributed by atoms with Gasteiger partial charge in [0, 0.05) is 19.6 Å². The van der Waals surface area contributed by atoms with E-state index >= 15 is 0 Å². The Balaban J connectivity index is 2.24. The molecule has 1 aliphatic heterocycles. The zero-order valence-electron chi connectivity index (χ0n) is 12.1. The molecule has 1 unspecified atom stereocenters. The fourth-order valence-corrected chi connectivity index (χ4v) is 2.05. The van der Waals surface area contributed by atoms with Crippen molar-refractivity contribution in [3.63, 3.8) is 0 Å². The minimum Gasteiger partial charge on any atom is -0.480 e. The molecule has 21 heavy (non-hydrogen) atoms. The second kappa shape index (κ2) is 9.17. The van der Waals surface area contributed by atoms with Crippen molar-refractivity contribution < 1.29 is 29.0 Å². The summed E-state index contributed by atoms with van der Waals surface area (Å²) in [6.07, 6.45) is 2.81. The van der Waals surface area contributed by atoms with Crippen molar-refractivity contribution >= 4 is 18.0 Å². The summed E-state index contributed by atoms with van der Waals surface area (Å²) in [6, 6.07) is -1.68. The third kappa shape index (κ3) is 6.94. The van der Waals surface area contributed by atoms with Crippen molar-refractivity contribution in [2.24, 2.45) is 0 Å². The summed E-state index contributed by atoms with van der Waals surface area (Å²) in [6.45, 7) is 1.17. The number of carboxylic acids is 1. The molecule has 1 saturated heterocycles. The highest BCUT2D eigenvalue weighted by molar-refractivity contribution is 5.83. The number of carboxylic acid groups (broad SMARTS) is 1. The van der Waals surface area contributed by atoms with Gasteiger partial charge >= 0.3 is 18.0 Å². The second-order valence-electron chi connectivity index (χ2n) is 4.83. The summed E-state index contributed by atoms with van der Waals surface area (Å²) in [4.78, 5) is 33.6. The smallest absolute Gasteiger partial charge is 0.326 e. The average molecular weight is 302 g/mol. The van der Waals surface area contributed by atoms with Crippen molar-refractivity contribution in [1.29, 1.82) is 0 Å². The van der Waals surface area contributed by atoms with E-state index in [0.29, 0.717) is 13.0 Å². The molecule has 0 aromatic carbocycles. The van der Waals surface area contributed by atoms with Crippen molar-refractivity contribution in [3.05, 3.63) is 0 Å². The number of carbonyl (C=O) groups excluding carboxylic acids is 2. The van der Waals surface area contributed by atoms with Crippen LogP contribution in [0.2, 0.25) is 0 Å². The standard InChI is InChI=1S/C13H22N2O6/c1-20-11(16)5-4-10(12(17)18)15-13(19)14-7-6-9-3-2-8-21-9/h9-10H,2-8H2,1H3,(H,17,18)(H2,14,15,19)/t9?,10-/m1/s1. The third-order valence-corrected chi connectivity index (χ3v) is 3.24. The van der Waals surface area contributed by atoms with Gasteiger partial charge in [0.15, 0.2) is 0 Å². The summed E-state index contributed by atoms with van der Waals surface area (Å²) in [5, 5.41) is 13.9. The number of ether oxygens (including phenoxy) is 2. The lowest BCUT2D eigenvalue weighted by Gasteiger charge is -2.15. The van der Waals surface area contributed by atoms with Crippen LogP contribution in [0.25, 0.3) is 0 Å². The SMILES string of the molecule is COC(=O)CC[C@@H](NC(=O)NCCC1CCCO1)C(=O)O. The molecule has 1 fully saturated rings. The molecular weight excluding hydrogens is 280 g/mol. The molecule has 3 N–H and O–H groups in total. The lowest BCUT2D eigenvalue weighted by molar-refractivity contribution is -0.142. The number of methoxy groups -OCH3 is 1. The van der Waals surface area contributed by atoms with E-state index in [9.17, 15) is 14.4 Å². The average Bonchev–Trinajstić information content (AvgIpc) is 2.95. The van der Waals surface area contributed by atoms with Crippen molar-refractivity contribution in [3.8, 4) is 0 Å². The summed E-state index contributed by atoms with van der Waals surface area (Å²) in [5.74, 6) is -1.70. The first kappa shape index (κ1) is 17.2. The van der Waals surface area contributed by atoms with Gasteiger partial charge in [0.05, 0.1) is 13.2 Å². The molecule has 8 nitrogen and oxygen atoms in total. The van der Waals surface area contributed by atoms with Crippen LogP contribution in [0.3, 0.4) is 0 Å². The van der Waals surface area contributed by atoms with Crippen LogP contribution >= 0.6 is 0 Å². The number of hydrogen-bond acceptors (Lipinski definition) is 5. The molecule has 1 aliphatic rings. The van der Waals surface area contributed by atoms with Gasteiger partial charge in [-0.2, -0.15) is 0 Å². The Morgan fingerprint density at radius 1 is 1.43 bits per heavy atom. The van der Waals surface area contributed by atoms with Gasteiger partial charge in [-0.15, -0.1) is 0 Å². The highest BCUT2D eigenvalue weighted by Gasteiger charge is 2.21. The van der Waals surface area contributed by atoms with E-state index in [4.69, 9.17) is 9.84 Å². The molecule has 0 spiro atoms. The van der Waals surface area contributed by atoms with Crippen LogP contribution in [0.15, 0.2) is 0 Å². The molecule has 2 amide bonds. The van der Waals surface area contributed by atoms with E-state index in [1.165, 1.54) is 7.11 Å². The molecule has 0 aromatic heterocycles. The highest BCUT2D eigenvalue weighted by Crippen LogP contribution is 2.14. The number of hydrogen-bond donors (Lipinski definition) is 3. The Bertz CT molecular complexity index is 368. The van der Waals surface area contributed by atoms with Gasteiger partial charge in [0.2, 0.25) is 0 Å². The summed E-state index contributed by atoms with van der Waals surface area (Å²) >= 11 is 0. The molecule has 120 valence electrons. The van der Waals surface area contributed by atoms with Gasteiger partial charge in [0.25, 0.3) is 0 Å². The molecular formula is C13H22N2O6. The Morgan fingerprint density at radius 3 is 2.76 bits per heavy atom. The summed E-state index contributed by atoms with van der Waals surface area (Å²) in [5.41, 5.74) is 0. The summed E-state index contributed by atoms with van der Waals surface area (Å²) < 4.78 is 9.85. The van der Waals surface area contributed by atoms with Crippen LogP contribution in [0, 0.1) is 0 Å². The molecule has 0 radical (unpaired) electrons. The Kier molecular flexibility index (Phi) is 7.52. The maximum Gasteiger partial charge on any atom is 0.326 e. The van der Waals surface area contributed by atoms with E-state index in [1.807, 2.05) is 0 Å². The van der Waals surface area contributed by atoms with Gasteiger partial charge in [-0.3, -0.25) is 4.79 Å². The lowest BCUT2D eigenvalue weighted by Crippen LogP contribution is -2.46. The fraction of sp³-hybridized carbons (Fsp3) is 0.769. The van der Waals surface area contributed by atoms with E-state index < -0.39 is 24.0 Å². The molecule has 0 aliphatic carbocycles. The fourth-order valence-electron chi connectivity index (χ4n) is 2.05. The third-order valence-electron chi connectivity index (χ3n) is 3.24. The van der Waals surface area contributed by atoms with Gasteiger partial charge in [-0.1, -0.05) is 0 Å². The van der Waals surface area contributed by atoms with Gasteiger partial charge in [-0.05, 0) is 25.7 Å². The van der Waals surface area contributed by atoms with E-state index in [-0.39, 0.29) is 18.9 Å². The van der Waals surface area contributed by atoms with Crippen molar-refractivity contribution in [2.45, 2.75) is 44.2 Å². The molecule has 2 atom stereocenters. The number of nitrogens with one attached hydrogen (secondary N) is 2. The van der Waals surface area contributed by atoms with Gasteiger partial charge in [-0.25, -0.2) is 9.59 Å². The molecule has 8 heteroatoms. The molecule has 0 aromatic rings. The molecule has 1 rings (SSSR count). The minimum absolute atomic E-state index is 0.0127. The van der Waals surface area contributed by atoms with Crippen LogP contribution in [0.4, 0.5) is 4.79 Å². The number of carbonyl (C=O) groups is 3. The second-order valence-corrected chi connectivity index (χ2v) is 4.83. The van der Waals surface area contributed by atoms with Crippen LogP contribution in [0.1, 0.15) is 32.1 Å². The largest absolute Gasteiger partial charge is 0.480 e. The minimum atomic E-state index is -1.19. The van der Waals surface area contributed by atoms with Gasteiger partial charge in [0.1, 0.15) is 6.04 Å². The number of rotatable bonds is 8. The number of urea groups is 1. The Hall–Kier alpha value is -1.83. The monoisotopic (exact) mass is 302 g/mol. The van der Waals surface area contributed by atoms with Crippen LogP contribution in [0.5, 0.6) is 0 Å². The quantitative estimate of drug-likeness (QED) is 0.554. The van der Waals surface area contributed by atoms with Crippen LogP contribution in [-0.4, -0.2) is 55.5 Å². The number of amides is 2. The number of aliphatic carboxylic acids is 1. The Labute approximate surface area is 123 Å². The Morgan fingerprint density at radius 2 is 2.19 bits per heavy atom. The lowest BCUT2D eigenvalue weighted by atomic mass is 10.1. The molecule has 0 bridgehead atoms. The van der Waals surface area contributed by atoms with E-state index in [2.05, 4.69) is 15.4 Å². The predicted octanol–water partition coefficient (Wildman–Crippen LogP) is 0.261. The van der Waals surface area contributed by atoms with Crippen molar-refractivity contribution in [2.75, 3.05) is 20.3 Å². The normalized spacial score (nSPS) is 18.8. The molecule has 1 heterocycles. The zero-order valence-corrected chi connectivity index (χ0v) is 12.1. The number of esters is 1.